The molecule has 0 bridgehead atoms. The summed E-state index contributed by atoms with van der Waals surface area (Å²) in [6.07, 6.45) is 2.70. The van der Waals surface area contributed by atoms with Crippen LogP contribution in [-0.2, 0) is 4.74 Å². The number of aromatic nitrogens is 3. The van der Waals surface area contributed by atoms with Crippen LogP contribution in [0.3, 0.4) is 0 Å². The standard InChI is InChI=1S/C17H15N5O4/c1-10-7-14(22-26-10)21-16(23)13-8-19-15(9-18-13)20-12-6-4-3-5-11(12)17(24)25-2/h3-9H,1-2H3,(H,19,20)(H,21,22,23). The van der Waals surface area contributed by atoms with E-state index in [1.165, 1.54) is 19.5 Å². The van der Waals surface area contributed by atoms with Gasteiger partial charge in [-0.25, -0.2) is 14.8 Å². The number of rotatable bonds is 5. The van der Waals surface area contributed by atoms with E-state index >= 15 is 0 Å². The van der Waals surface area contributed by atoms with Gasteiger partial charge in [-0.1, -0.05) is 17.3 Å². The topological polar surface area (TPSA) is 119 Å². The predicted octanol–water partition coefficient (Wildman–Crippen LogP) is 2.56. The molecule has 0 aliphatic rings. The Labute approximate surface area is 148 Å². The summed E-state index contributed by atoms with van der Waals surface area (Å²) in [4.78, 5) is 32.1. The van der Waals surface area contributed by atoms with E-state index in [2.05, 4.69) is 25.8 Å². The van der Waals surface area contributed by atoms with E-state index in [-0.39, 0.29) is 5.69 Å². The molecule has 0 fully saturated rings. The zero-order chi connectivity index (χ0) is 18.5. The Morgan fingerprint density at radius 1 is 1.12 bits per heavy atom. The molecule has 0 aliphatic heterocycles. The summed E-state index contributed by atoms with van der Waals surface area (Å²) in [5, 5.41) is 9.20. The lowest BCUT2D eigenvalue weighted by atomic mass is 10.2. The zero-order valence-electron chi connectivity index (χ0n) is 14.0. The number of amides is 1. The monoisotopic (exact) mass is 353 g/mol. The van der Waals surface area contributed by atoms with Crippen LogP contribution in [-0.4, -0.2) is 34.1 Å². The molecule has 2 N–H and O–H groups in total. The first kappa shape index (κ1) is 17.1. The number of aryl methyl sites for hydroxylation is 1. The van der Waals surface area contributed by atoms with Gasteiger partial charge in [0.15, 0.2) is 5.82 Å². The molecule has 0 radical (unpaired) electrons. The average Bonchev–Trinajstić information content (AvgIpc) is 3.07. The minimum Gasteiger partial charge on any atom is -0.465 e. The number of para-hydroxylation sites is 1. The van der Waals surface area contributed by atoms with E-state index in [1.54, 1.807) is 37.3 Å². The molecule has 0 atom stereocenters. The summed E-state index contributed by atoms with van der Waals surface area (Å²) >= 11 is 0. The Kier molecular flexibility index (Phi) is 4.88. The summed E-state index contributed by atoms with van der Waals surface area (Å²) in [5.74, 6) is 0.307. The highest BCUT2D eigenvalue weighted by molar-refractivity contribution is 6.02. The average molecular weight is 353 g/mol. The van der Waals surface area contributed by atoms with Crippen molar-refractivity contribution < 1.29 is 18.8 Å². The number of hydrogen-bond donors (Lipinski definition) is 2. The number of hydrogen-bond acceptors (Lipinski definition) is 8. The number of nitrogens with zero attached hydrogens (tertiary/aromatic N) is 3. The van der Waals surface area contributed by atoms with Crippen molar-refractivity contribution in [2.24, 2.45) is 0 Å². The summed E-state index contributed by atoms with van der Waals surface area (Å²) in [5.41, 5.74) is 0.987. The lowest BCUT2D eigenvalue weighted by Crippen LogP contribution is -2.14. The first-order valence-electron chi connectivity index (χ1n) is 7.58. The van der Waals surface area contributed by atoms with Crippen molar-refractivity contribution in [3.05, 3.63) is 59.7 Å². The number of benzene rings is 1. The molecule has 1 aromatic carbocycles. The molecule has 26 heavy (non-hydrogen) atoms. The minimum absolute atomic E-state index is 0.109. The number of ether oxygens (including phenoxy) is 1. The van der Waals surface area contributed by atoms with Gasteiger partial charge in [-0.2, -0.15) is 0 Å². The van der Waals surface area contributed by atoms with E-state index in [1.807, 2.05) is 0 Å². The molecular weight excluding hydrogens is 338 g/mol. The van der Waals surface area contributed by atoms with Crippen LogP contribution >= 0.6 is 0 Å². The number of carbonyl (C=O) groups excluding carboxylic acids is 2. The molecule has 2 aromatic heterocycles. The number of carbonyl (C=O) groups is 2. The van der Waals surface area contributed by atoms with Gasteiger partial charge in [0, 0.05) is 6.07 Å². The molecule has 0 saturated carbocycles. The van der Waals surface area contributed by atoms with Gasteiger partial charge in [-0.15, -0.1) is 0 Å². The highest BCUT2D eigenvalue weighted by atomic mass is 16.5. The number of esters is 1. The molecule has 0 spiro atoms. The van der Waals surface area contributed by atoms with Gasteiger partial charge in [0.05, 0.1) is 30.8 Å². The Morgan fingerprint density at radius 3 is 2.58 bits per heavy atom. The fourth-order valence-electron chi connectivity index (χ4n) is 2.13. The third-order valence-corrected chi connectivity index (χ3v) is 3.35. The van der Waals surface area contributed by atoms with E-state index in [4.69, 9.17) is 9.26 Å². The molecule has 9 heteroatoms. The SMILES string of the molecule is COC(=O)c1ccccc1Nc1cnc(C(=O)Nc2cc(C)on2)cn1. The number of methoxy groups -OCH3 is 1. The Hall–Kier alpha value is -3.75. The largest absolute Gasteiger partial charge is 0.465 e. The van der Waals surface area contributed by atoms with E-state index in [0.29, 0.717) is 28.6 Å². The molecule has 1 amide bonds. The van der Waals surface area contributed by atoms with Crippen LogP contribution in [0.5, 0.6) is 0 Å². The van der Waals surface area contributed by atoms with Crippen molar-refractivity contribution >= 4 is 29.2 Å². The highest BCUT2D eigenvalue weighted by Gasteiger charge is 2.13. The highest BCUT2D eigenvalue weighted by Crippen LogP contribution is 2.20. The van der Waals surface area contributed by atoms with Gasteiger partial charge in [0.2, 0.25) is 0 Å². The van der Waals surface area contributed by atoms with Crippen LogP contribution in [0.15, 0.2) is 47.2 Å². The lowest BCUT2D eigenvalue weighted by Gasteiger charge is -2.09. The summed E-state index contributed by atoms with van der Waals surface area (Å²) < 4.78 is 9.62. The van der Waals surface area contributed by atoms with Crippen LogP contribution in [0.4, 0.5) is 17.3 Å². The Balaban J connectivity index is 1.72. The first-order valence-corrected chi connectivity index (χ1v) is 7.58. The third-order valence-electron chi connectivity index (χ3n) is 3.35. The van der Waals surface area contributed by atoms with Crippen molar-refractivity contribution in [1.82, 2.24) is 15.1 Å². The fourth-order valence-corrected chi connectivity index (χ4v) is 2.13. The van der Waals surface area contributed by atoms with Gasteiger partial charge in [0.25, 0.3) is 5.91 Å². The van der Waals surface area contributed by atoms with Crippen molar-refractivity contribution in [2.75, 3.05) is 17.7 Å². The molecule has 0 saturated heterocycles. The molecule has 3 aromatic rings. The summed E-state index contributed by atoms with van der Waals surface area (Å²) in [6, 6.07) is 8.42. The van der Waals surface area contributed by atoms with Crippen molar-refractivity contribution in [2.45, 2.75) is 6.92 Å². The number of anilines is 3. The molecule has 9 nitrogen and oxygen atoms in total. The van der Waals surface area contributed by atoms with Crippen LogP contribution in [0.1, 0.15) is 26.6 Å². The normalized spacial score (nSPS) is 10.2. The maximum atomic E-state index is 12.1. The van der Waals surface area contributed by atoms with Crippen molar-refractivity contribution in [3.63, 3.8) is 0 Å². The van der Waals surface area contributed by atoms with Gasteiger partial charge < -0.3 is 19.9 Å². The third kappa shape index (κ3) is 3.83. The van der Waals surface area contributed by atoms with Crippen molar-refractivity contribution in [1.29, 1.82) is 0 Å². The van der Waals surface area contributed by atoms with E-state index in [9.17, 15) is 9.59 Å². The van der Waals surface area contributed by atoms with Crippen LogP contribution in [0.25, 0.3) is 0 Å². The molecule has 2 heterocycles. The second kappa shape index (κ2) is 7.43. The maximum Gasteiger partial charge on any atom is 0.339 e. The van der Waals surface area contributed by atoms with Crippen LogP contribution in [0.2, 0.25) is 0 Å². The lowest BCUT2D eigenvalue weighted by molar-refractivity contribution is 0.0601. The summed E-state index contributed by atoms with van der Waals surface area (Å²) in [7, 11) is 1.31. The second-order valence-electron chi connectivity index (χ2n) is 5.23. The molecule has 3 rings (SSSR count). The fraction of sp³-hybridized carbons (Fsp3) is 0.118. The minimum atomic E-state index is -0.472. The van der Waals surface area contributed by atoms with E-state index < -0.39 is 11.9 Å². The van der Waals surface area contributed by atoms with Crippen LogP contribution < -0.4 is 10.6 Å². The number of nitrogens with one attached hydrogen (secondary N) is 2. The van der Waals surface area contributed by atoms with Crippen molar-refractivity contribution in [3.8, 4) is 0 Å². The van der Waals surface area contributed by atoms with Gasteiger partial charge in [-0.05, 0) is 19.1 Å². The van der Waals surface area contributed by atoms with Gasteiger partial charge >= 0.3 is 5.97 Å². The Morgan fingerprint density at radius 2 is 1.92 bits per heavy atom. The smallest absolute Gasteiger partial charge is 0.339 e. The maximum absolute atomic E-state index is 12.1. The quantitative estimate of drug-likeness (QED) is 0.672. The first-order chi connectivity index (χ1) is 12.6. The predicted molar refractivity (Wildman–Crippen MR) is 92.3 cm³/mol. The van der Waals surface area contributed by atoms with Crippen LogP contribution in [0, 0.1) is 6.92 Å². The van der Waals surface area contributed by atoms with Gasteiger partial charge in [-0.3, -0.25) is 4.79 Å². The molecule has 0 unspecified atom stereocenters. The van der Waals surface area contributed by atoms with Gasteiger partial charge in [0.1, 0.15) is 17.3 Å². The molecule has 132 valence electrons. The Bertz CT molecular complexity index is 936. The van der Waals surface area contributed by atoms with E-state index in [0.717, 1.165) is 0 Å². The second-order valence-corrected chi connectivity index (χ2v) is 5.23. The molecule has 0 aliphatic carbocycles. The molecular formula is C17H15N5O4. The summed E-state index contributed by atoms with van der Waals surface area (Å²) in [6.45, 7) is 1.72. The zero-order valence-corrected chi connectivity index (χ0v) is 14.0.